The van der Waals surface area contributed by atoms with Crippen molar-refractivity contribution in [1.29, 1.82) is 0 Å². The van der Waals surface area contributed by atoms with E-state index in [4.69, 9.17) is 19.1 Å². The summed E-state index contributed by atoms with van der Waals surface area (Å²) in [4.78, 5) is 10.9. The molecule has 1 aliphatic carbocycles. The van der Waals surface area contributed by atoms with Crippen molar-refractivity contribution in [1.82, 2.24) is 9.97 Å². The third kappa shape index (κ3) is 4.56. The van der Waals surface area contributed by atoms with Crippen LogP contribution in [-0.4, -0.2) is 9.97 Å². The van der Waals surface area contributed by atoms with E-state index in [0.717, 1.165) is 83.8 Å². The lowest BCUT2D eigenvalue weighted by molar-refractivity contribution is 0.437. The van der Waals surface area contributed by atoms with Gasteiger partial charge in [-0.15, -0.1) is 0 Å². The van der Waals surface area contributed by atoms with Crippen molar-refractivity contribution < 1.29 is 9.15 Å². The molecular formula is C53H32N2O2. The number of hydrogen-bond acceptors (Lipinski definition) is 4. The lowest BCUT2D eigenvalue weighted by Gasteiger charge is -2.39. The number of ether oxygens (including phenoxy) is 1. The molecule has 57 heavy (non-hydrogen) atoms. The highest BCUT2D eigenvalue weighted by molar-refractivity contribution is 6.09. The van der Waals surface area contributed by atoms with E-state index in [1.165, 1.54) is 22.3 Å². The summed E-state index contributed by atoms with van der Waals surface area (Å²) in [6, 6.07) is 68.1. The van der Waals surface area contributed by atoms with Gasteiger partial charge in [-0.1, -0.05) is 164 Å². The summed E-state index contributed by atoms with van der Waals surface area (Å²) in [5, 5.41) is 2.12. The summed E-state index contributed by atoms with van der Waals surface area (Å²) in [7, 11) is 0. The molecule has 4 nitrogen and oxygen atoms in total. The fourth-order valence-corrected chi connectivity index (χ4v) is 9.42. The SMILES string of the molecule is c1ccc(-c2ccccc2-c2cc(-c3cccc4c3oc3ccccc34)nc(-c3cccc4c3Oc3ccccc3C43c4ccccc4-c4ccccc43)n2)cc1. The van der Waals surface area contributed by atoms with Crippen LogP contribution in [0, 0.1) is 0 Å². The van der Waals surface area contributed by atoms with Crippen LogP contribution >= 0.6 is 0 Å². The Morgan fingerprint density at radius 3 is 1.72 bits per heavy atom. The summed E-state index contributed by atoms with van der Waals surface area (Å²) in [5.41, 5.74) is 14.7. The third-order valence-electron chi connectivity index (χ3n) is 11.8. The zero-order valence-corrected chi connectivity index (χ0v) is 30.7. The van der Waals surface area contributed by atoms with E-state index >= 15 is 0 Å². The number of para-hydroxylation sites is 4. The molecule has 0 fully saturated rings. The molecular weight excluding hydrogens is 697 g/mol. The van der Waals surface area contributed by atoms with Gasteiger partial charge in [0.25, 0.3) is 0 Å². The van der Waals surface area contributed by atoms with Crippen LogP contribution in [0.25, 0.3) is 78.1 Å². The Labute approximate surface area is 329 Å². The van der Waals surface area contributed by atoms with E-state index in [2.05, 4.69) is 176 Å². The molecule has 10 aromatic rings. The molecule has 0 unspecified atom stereocenters. The van der Waals surface area contributed by atoms with Crippen LogP contribution in [-0.2, 0) is 5.41 Å². The van der Waals surface area contributed by atoms with Crippen LogP contribution in [0.4, 0.5) is 0 Å². The zero-order valence-electron chi connectivity index (χ0n) is 30.7. The molecule has 1 spiro atoms. The average molecular weight is 729 g/mol. The molecule has 0 N–H and O–H groups in total. The van der Waals surface area contributed by atoms with Gasteiger partial charge in [0.1, 0.15) is 22.7 Å². The van der Waals surface area contributed by atoms with Crippen molar-refractivity contribution in [2.45, 2.75) is 5.41 Å². The van der Waals surface area contributed by atoms with E-state index in [0.29, 0.717) is 5.82 Å². The molecule has 1 aliphatic heterocycles. The minimum atomic E-state index is -0.604. The number of rotatable bonds is 4. The van der Waals surface area contributed by atoms with Crippen LogP contribution in [0.1, 0.15) is 22.3 Å². The second-order valence-electron chi connectivity index (χ2n) is 14.8. The summed E-state index contributed by atoms with van der Waals surface area (Å²) in [6.45, 7) is 0. The summed E-state index contributed by atoms with van der Waals surface area (Å²) in [5.74, 6) is 2.15. The first-order valence-corrected chi connectivity index (χ1v) is 19.3. The molecule has 0 saturated heterocycles. The fourth-order valence-electron chi connectivity index (χ4n) is 9.42. The van der Waals surface area contributed by atoms with Gasteiger partial charge in [0.2, 0.25) is 0 Å². The quantitative estimate of drug-likeness (QED) is 0.181. The number of fused-ring (bicyclic) bond motifs is 12. The van der Waals surface area contributed by atoms with Crippen molar-refractivity contribution in [3.05, 3.63) is 216 Å². The summed E-state index contributed by atoms with van der Waals surface area (Å²) < 4.78 is 13.7. The maximum atomic E-state index is 7.08. The first-order chi connectivity index (χ1) is 28.3. The Morgan fingerprint density at radius 1 is 0.386 bits per heavy atom. The van der Waals surface area contributed by atoms with Crippen molar-refractivity contribution in [2.24, 2.45) is 0 Å². The van der Waals surface area contributed by atoms with Gasteiger partial charge >= 0.3 is 0 Å². The molecule has 0 atom stereocenters. The maximum Gasteiger partial charge on any atom is 0.164 e. The van der Waals surface area contributed by atoms with E-state index in [1.54, 1.807) is 0 Å². The average Bonchev–Trinajstić information content (AvgIpc) is 3.81. The lowest BCUT2D eigenvalue weighted by atomic mass is 9.66. The monoisotopic (exact) mass is 728 g/mol. The zero-order chi connectivity index (χ0) is 37.5. The first kappa shape index (κ1) is 31.8. The Hall–Kier alpha value is -7.56. The van der Waals surface area contributed by atoms with Gasteiger partial charge in [-0.2, -0.15) is 0 Å². The topological polar surface area (TPSA) is 48.2 Å². The van der Waals surface area contributed by atoms with E-state index in [9.17, 15) is 0 Å². The molecule has 8 aromatic carbocycles. The highest BCUT2D eigenvalue weighted by Gasteiger charge is 2.51. The van der Waals surface area contributed by atoms with Crippen LogP contribution in [0.2, 0.25) is 0 Å². The Morgan fingerprint density at radius 2 is 0.930 bits per heavy atom. The van der Waals surface area contributed by atoms with Gasteiger partial charge in [0, 0.05) is 33.0 Å². The van der Waals surface area contributed by atoms with Crippen LogP contribution in [0.3, 0.4) is 0 Å². The third-order valence-corrected chi connectivity index (χ3v) is 11.8. The van der Waals surface area contributed by atoms with E-state index in [1.807, 2.05) is 18.2 Å². The normalized spacial score (nSPS) is 13.2. The van der Waals surface area contributed by atoms with Gasteiger partial charge in [0.05, 0.1) is 22.4 Å². The minimum Gasteiger partial charge on any atom is -0.456 e. The fraction of sp³-hybridized carbons (Fsp3) is 0.0189. The van der Waals surface area contributed by atoms with Gasteiger partial charge in [-0.3, -0.25) is 0 Å². The number of nitrogens with zero attached hydrogens (tertiary/aromatic N) is 2. The molecule has 2 aliphatic rings. The summed E-state index contributed by atoms with van der Waals surface area (Å²) >= 11 is 0. The number of benzene rings is 8. The Kier molecular flexibility index (Phi) is 6.81. The van der Waals surface area contributed by atoms with Gasteiger partial charge < -0.3 is 9.15 Å². The van der Waals surface area contributed by atoms with Crippen LogP contribution < -0.4 is 4.74 Å². The second kappa shape index (κ2) is 12.2. The molecule has 12 rings (SSSR count). The highest BCUT2D eigenvalue weighted by Crippen LogP contribution is 2.63. The second-order valence-corrected chi connectivity index (χ2v) is 14.8. The Bertz CT molecular complexity index is 3190. The first-order valence-electron chi connectivity index (χ1n) is 19.3. The van der Waals surface area contributed by atoms with Crippen LogP contribution in [0.15, 0.2) is 199 Å². The summed E-state index contributed by atoms with van der Waals surface area (Å²) in [6.07, 6.45) is 0. The molecule has 0 bridgehead atoms. The Balaban J connectivity index is 1.15. The van der Waals surface area contributed by atoms with Gasteiger partial charge in [-0.05, 0) is 63.7 Å². The molecule has 2 aromatic heterocycles. The number of furan rings is 1. The smallest absolute Gasteiger partial charge is 0.164 e. The van der Waals surface area contributed by atoms with E-state index in [-0.39, 0.29) is 0 Å². The van der Waals surface area contributed by atoms with Crippen LogP contribution in [0.5, 0.6) is 11.5 Å². The molecule has 266 valence electrons. The predicted octanol–water partition coefficient (Wildman–Crippen LogP) is 13.5. The molecule has 0 amide bonds. The van der Waals surface area contributed by atoms with Crippen molar-refractivity contribution in [3.63, 3.8) is 0 Å². The number of aromatic nitrogens is 2. The molecule has 3 heterocycles. The largest absolute Gasteiger partial charge is 0.456 e. The maximum absolute atomic E-state index is 7.08. The standard InChI is InChI=1S/C53H32N2O2/c1-2-16-33(17-3-1)34-18-4-5-21-37(34)46-32-47(40-24-14-23-39-38-22-8-12-30-48(38)56-50(39)40)55-52(54-46)41-25-15-29-45-51(41)57-49-31-13-11-28-44(49)53(45)42-26-9-6-19-35(42)36-20-7-10-27-43(36)53/h1-32H. The van der Waals surface area contributed by atoms with Crippen molar-refractivity contribution in [2.75, 3.05) is 0 Å². The molecule has 4 heteroatoms. The highest BCUT2D eigenvalue weighted by atomic mass is 16.5. The van der Waals surface area contributed by atoms with E-state index < -0.39 is 5.41 Å². The lowest BCUT2D eigenvalue weighted by Crippen LogP contribution is -2.32. The van der Waals surface area contributed by atoms with Crippen molar-refractivity contribution >= 4 is 21.9 Å². The van der Waals surface area contributed by atoms with Gasteiger partial charge in [-0.25, -0.2) is 9.97 Å². The minimum absolute atomic E-state index is 0.574. The molecule has 0 radical (unpaired) electrons. The number of hydrogen-bond donors (Lipinski definition) is 0. The molecule has 0 saturated carbocycles. The predicted molar refractivity (Wildman–Crippen MR) is 228 cm³/mol. The van der Waals surface area contributed by atoms with Gasteiger partial charge in [0.15, 0.2) is 5.82 Å². The van der Waals surface area contributed by atoms with Crippen molar-refractivity contribution in [3.8, 4) is 67.7 Å².